The van der Waals surface area contributed by atoms with E-state index in [-0.39, 0.29) is 5.75 Å². The highest BCUT2D eigenvalue weighted by atomic mass is 31.2. The van der Waals surface area contributed by atoms with Crippen LogP contribution in [0.3, 0.4) is 0 Å². The van der Waals surface area contributed by atoms with Crippen LogP contribution in [-0.2, 0) is 4.57 Å². The lowest BCUT2D eigenvalue weighted by Crippen LogP contribution is -1.88. The molecule has 0 aliphatic rings. The van der Waals surface area contributed by atoms with E-state index in [0.29, 0.717) is 0 Å². The van der Waals surface area contributed by atoms with Crippen LogP contribution in [0.15, 0.2) is 91.0 Å². The van der Waals surface area contributed by atoms with Crippen LogP contribution in [0.4, 0.5) is 0 Å². The number of hydrogen-bond donors (Lipinski definition) is 2. The molecule has 0 aliphatic heterocycles. The molecule has 0 aliphatic carbocycles. The summed E-state index contributed by atoms with van der Waals surface area (Å²) in [5.41, 5.74) is 2.55. The van der Waals surface area contributed by atoms with Gasteiger partial charge in [0.25, 0.3) is 0 Å². The third kappa shape index (κ3) is 6.49. The molecule has 5 heteroatoms. The normalized spacial score (nSPS) is 10.3. The van der Waals surface area contributed by atoms with E-state index >= 15 is 0 Å². The van der Waals surface area contributed by atoms with E-state index in [4.69, 9.17) is 9.79 Å². The van der Waals surface area contributed by atoms with Gasteiger partial charge in [-0.05, 0) is 23.3 Å². The SMILES string of the molecule is O=P(O)(O)Oc1ccccc1.c1ccc(-c2ccccc2)cc1. The predicted molar refractivity (Wildman–Crippen MR) is 91.0 cm³/mol. The Morgan fingerprint density at radius 2 is 0.957 bits per heavy atom. The van der Waals surface area contributed by atoms with Crippen molar-refractivity contribution < 1.29 is 18.9 Å². The molecule has 0 amide bonds. The molecule has 0 saturated carbocycles. The summed E-state index contributed by atoms with van der Waals surface area (Å²) < 4.78 is 14.5. The second kappa shape index (κ2) is 8.30. The maximum atomic E-state index is 10.3. The van der Waals surface area contributed by atoms with Crippen LogP contribution in [-0.4, -0.2) is 9.79 Å². The highest BCUT2D eigenvalue weighted by Gasteiger charge is 2.14. The number of phosphoric acid groups is 1. The Bertz CT molecular complexity index is 702. The van der Waals surface area contributed by atoms with Crippen LogP contribution in [0.1, 0.15) is 0 Å². The summed E-state index contributed by atoms with van der Waals surface area (Å²) >= 11 is 0. The highest BCUT2D eigenvalue weighted by molar-refractivity contribution is 7.46. The Labute approximate surface area is 135 Å². The molecule has 3 rings (SSSR count). The summed E-state index contributed by atoms with van der Waals surface area (Å²) in [7, 11) is -4.39. The summed E-state index contributed by atoms with van der Waals surface area (Å²) in [6.07, 6.45) is 0. The second-order valence-electron chi connectivity index (χ2n) is 4.63. The van der Waals surface area contributed by atoms with Gasteiger partial charge in [0, 0.05) is 0 Å². The van der Waals surface area contributed by atoms with E-state index < -0.39 is 7.82 Å². The molecule has 4 nitrogen and oxygen atoms in total. The van der Waals surface area contributed by atoms with Crippen LogP contribution in [0.2, 0.25) is 0 Å². The molecular weight excluding hydrogens is 311 g/mol. The molecule has 2 N–H and O–H groups in total. The summed E-state index contributed by atoms with van der Waals surface area (Å²) in [6.45, 7) is 0. The van der Waals surface area contributed by atoms with Crippen molar-refractivity contribution in [3.8, 4) is 16.9 Å². The largest absolute Gasteiger partial charge is 0.524 e. The summed E-state index contributed by atoms with van der Waals surface area (Å²) in [5.74, 6) is 0.167. The van der Waals surface area contributed by atoms with Crippen molar-refractivity contribution in [3.05, 3.63) is 91.0 Å². The first-order valence-electron chi connectivity index (χ1n) is 6.95. The lowest BCUT2D eigenvalue weighted by molar-refractivity contribution is 0.283. The number of para-hydroxylation sites is 1. The molecule has 0 heterocycles. The zero-order chi connectivity index (χ0) is 16.5. The van der Waals surface area contributed by atoms with Crippen LogP contribution >= 0.6 is 7.82 Å². The van der Waals surface area contributed by atoms with Gasteiger partial charge in [0.15, 0.2) is 0 Å². The van der Waals surface area contributed by atoms with Gasteiger partial charge in [-0.15, -0.1) is 0 Å². The molecule has 3 aromatic rings. The van der Waals surface area contributed by atoms with Gasteiger partial charge in [0.2, 0.25) is 0 Å². The molecule has 0 bridgehead atoms. The van der Waals surface area contributed by atoms with Crippen molar-refractivity contribution in [2.45, 2.75) is 0 Å². The number of phosphoric ester groups is 1. The number of rotatable bonds is 3. The Balaban J connectivity index is 0.000000168. The molecule has 3 aromatic carbocycles. The van der Waals surface area contributed by atoms with Gasteiger partial charge in [-0.25, -0.2) is 4.57 Å². The fourth-order valence-electron chi connectivity index (χ4n) is 1.88. The van der Waals surface area contributed by atoms with Crippen molar-refractivity contribution in [2.24, 2.45) is 0 Å². The van der Waals surface area contributed by atoms with Gasteiger partial charge in [-0.1, -0.05) is 78.9 Å². The van der Waals surface area contributed by atoms with E-state index in [1.54, 1.807) is 18.2 Å². The fourth-order valence-corrected chi connectivity index (χ4v) is 2.28. The first kappa shape index (κ1) is 17.0. The van der Waals surface area contributed by atoms with Crippen LogP contribution in [0.25, 0.3) is 11.1 Å². The van der Waals surface area contributed by atoms with Crippen LogP contribution in [0, 0.1) is 0 Å². The minimum atomic E-state index is -4.39. The first-order chi connectivity index (χ1) is 11.0. The van der Waals surface area contributed by atoms with Crippen molar-refractivity contribution in [1.29, 1.82) is 0 Å². The molecule has 0 unspecified atom stereocenters. The Hall–Kier alpha value is -2.39. The minimum absolute atomic E-state index is 0.167. The number of hydrogen-bond acceptors (Lipinski definition) is 2. The standard InChI is InChI=1S/C12H10.C6H7O4P/c1-3-7-11(8-4-1)12-9-5-2-6-10-12;7-11(8,9)10-6-4-2-1-3-5-6/h1-10H;1-5H,(H2,7,8,9). The smallest absolute Gasteiger partial charge is 0.404 e. The van der Waals surface area contributed by atoms with E-state index in [1.807, 2.05) is 12.1 Å². The van der Waals surface area contributed by atoms with Crippen molar-refractivity contribution in [3.63, 3.8) is 0 Å². The third-order valence-electron chi connectivity index (χ3n) is 2.85. The van der Waals surface area contributed by atoms with Crippen molar-refractivity contribution in [1.82, 2.24) is 0 Å². The van der Waals surface area contributed by atoms with E-state index in [0.717, 1.165) is 0 Å². The highest BCUT2D eigenvalue weighted by Crippen LogP contribution is 2.36. The van der Waals surface area contributed by atoms with Crippen molar-refractivity contribution in [2.75, 3.05) is 0 Å². The Morgan fingerprint density at radius 1 is 0.609 bits per heavy atom. The average molecular weight is 328 g/mol. The quantitative estimate of drug-likeness (QED) is 0.694. The molecule has 0 spiro atoms. The monoisotopic (exact) mass is 328 g/mol. The molecule has 118 valence electrons. The Morgan fingerprint density at radius 3 is 1.30 bits per heavy atom. The topological polar surface area (TPSA) is 66.8 Å². The predicted octanol–water partition coefficient (Wildman–Crippen LogP) is 4.51. The van der Waals surface area contributed by atoms with Crippen molar-refractivity contribution >= 4 is 7.82 Å². The first-order valence-corrected chi connectivity index (χ1v) is 8.48. The molecule has 23 heavy (non-hydrogen) atoms. The van der Waals surface area contributed by atoms with E-state index in [2.05, 4.69) is 53.1 Å². The number of benzene rings is 3. The van der Waals surface area contributed by atoms with Gasteiger partial charge >= 0.3 is 7.82 Å². The lowest BCUT2D eigenvalue weighted by atomic mass is 10.1. The van der Waals surface area contributed by atoms with Gasteiger partial charge in [-0.3, -0.25) is 9.79 Å². The van der Waals surface area contributed by atoms with Crippen LogP contribution < -0.4 is 4.52 Å². The van der Waals surface area contributed by atoms with E-state index in [1.165, 1.54) is 23.3 Å². The molecule has 0 saturated heterocycles. The molecule has 0 atom stereocenters. The molecule has 0 radical (unpaired) electrons. The second-order valence-corrected chi connectivity index (χ2v) is 5.79. The minimum Gasteiger partial charge on any atom is -0.404 e. The van der Waals surface area contributed by atoms with Crippen LogP contribution in [0.5, 0.6) is 5.75 Å². The Kier molecular flexibility index (Phi) is 6.12. The molecular formula is C18H17O4P. The van der Waals surface area contributed by atoms with Gasteiger partial charge < -0.3 is 4.52 Å². The fraction of sp³-hybridized carbons (Fsp3) is 0. The lowest BCUT2D eigenvalue weighted by Gasteiger charge is -2.04. The zero-order valence-electron chi connectivity index (χ0n) is 12.3. The van der Waals surface area contributed by atoms with Gasteiger partial charge in [0.1, 0.15) is 5.75 Å². The van der Waals surface area contributed by atoms with Gasteiger partial charge in [-0.2, -0.15) is 0 Å². The van der Waals surface area contributed by atoms with Gasteiger partial charge in [0.05, 0.1) is 0 Å². The third-order valence-corrected chi connectivity index (χ3v) is 3.30. The summed E-state index contributed by atoms with van der Waals surface area (Å²) in [6, 6.07) is 28.7. The molecule has 0 aromatic heterocycles. The summed E-state index contributed by atoms with van der Waals surface area (Å²) in [5, 5.41) is 0. The molecule has 0 fully saturated rings. The van der Waals surface area contributed by atoms with E-state index in [9.17, 15) is 4.57 Å². The summed E-state index contributed by atoms with van der Waals surface area (Å²) in [4.78, 5) is 16.7. The maximum absolute atomic E-state index is 10.3. The maximum Gasteiger partial charge on any atom is 0.524 e. The zero-order valence-corrected chi connectivity index (χ0v) is 13.2. The average Bonchev–Trinajstić information content (AvgIpc) is 2.56.